The average Bonchev–Trinajstić information content (AvgIpc) is 3.41. The molecule has 1 amide bonds. The largest absolute Gasteiger partial charge is 0.384 e. The van der Waals surface area contributed by atoms with Crippen molar-refractivity contribution in [1.82, 2.24) is 19.9 Å². The first-order valence-corrected chi connectivity index (χ1v) is 12.0. The fraction of sp³-hybridized carbons (Fsp3) is 0.227. The van der Waals surface area contributed by atoms with E-state index in [4.69, 9.17) is 20.6 Å². The van der Waals surface area contributed by atoms with Crippen molar-refractivity contribution >= 4 is 43.9 Å². The van der Waals surface area contributed by atoms with E-state index in [1.807, 2.05) is 24.3 Å². The summed E-state index contributed by atoms with van der Waals surface area (Å²) in [7, 11) is -3.85. The van der Waals surface area contributed by atoms with Crippen molar-refractivity contribution in [3.8, 4) is 5.69 Å². The van der Waals surface area contributed by atoms with Gasteiger partial charge in [-0.25, -0.2) is 23.5 Å². The topological polar surface area (TPSA) is 155 Å². The van der Waals surface area contributed by atoms with E-state index in [1.165, 1.54) is 12.1 Å². The van der Waals surface area contributed by atoms with Crippen LogP contribution in [0.15, 0.2) is 53.4 Å². The third-order valence-corrected chi connectivity index (χ3v) is 6.59. The lowest BCUT2D eigenvalue weighted by Gasteiger charge is -2.11. The number of carbonyl (C=O) groups excluding carboxylic acids is 1. The van der Waals surface area contributed by atoms with Crippen LogP contribution in [0.5, 0.6) is 0 Å². The highest BCUT2D eigenvalue weighted by atomic mass is 32.2. The molecule has 5 N–H and O–H groups in total. The van der Waals surface area contributed by atoms with E-state index in [9.17, 15) is 13.2 Å². The quantitative estimate of drug-likeness (QED) is 0.404. The van der Waals surface area contributed by atoms with Gasteiger partial charge in [-0.2, -0.15) is 0 Å². The number of nitrogens with two attached hydrogens (primary N) is 2. The molecule has 1 saturated heterocycles. The van der Waals surface area contributed by atoms with Gasteiger partial charge in [0, 0.05) is 18.8 Å². The second-order valence-corrected chi connectivity index (χ2v) is 9.43. The number of primary sulfonamides is 1. The third-order valence-electron chi connectivity index (χ3n) is 5.66. The molecule has 11 heteroatoms. The lowest BCUT2D eigenvalue weighted by molar-refractivity contribution is 0.0859. The summed E-state index contributed by atoms with van der Waals surface area (Å²) in [5.41, 5.74) is 9.19. The summed E-state index contributed by atoms with van der Waals surface area (Å²) in [5.74, 6) is -0.231. The molecule has 1 fully saturated rings. The Morgan fingerprint density at radius 3 is 2.45 bits per heavy atom. The summed E-state index contributed by atoms with van der Waals surface area (Å²) in [6.07, 6.45) is 1.83. The molecule has 0 radical (unpaired) electrons. The van der Waals surface area contributed by atoms with E-state index in [0.29, 0.717) is 41.0 Å². The van der Waals surface area contributed by atoms with Crippen LogP contribution in [0.1, 0.15) is 23.2 Å². The first kappa shape index (κ1) is 21.3. The Morgan fingerprint density at radius 1 is 1.12 bits per heavy atom. The lowest BCUT2D eigenvalue weighted by atomic mass is 10.2. The summed E-state index contributed by atoms with van der Waals surface area (Å²) in [6.45, 7) is 1.06. The zero-order chi connectivity index (χ0) is 23.2. The van der Waals surface area contributed by atoms with Gasteiger partial charge in [0.15, 0.2) is 5.65 Å². The van der Waals surface area contributed by atoms with Gasteiger partial charge in [0.1, 0.15) is 16.9 Å². The van der Waals surface area contributed by atoms with Crippen LogP contribution in [0.4, 0.5) is 5.82 Å². The van der Waals surface area contributed by atoms with Gasteiger partial charge in [-0.1, -0.05) is 12.1 Å². The molecule has 0 unspecified atom stereocenters. The fourth-order valence-electron chi connectivity index (χ4n) is 4.03. The molecule has 1 atom stereocenters. The second-order valence-electron chi connectivity index (χ2n) is 7.86. The van der Waals surface area contributed by atoms with Crippen LogP contribution in [-0.2, 0) is 14.8 Å². The number of nitrogen functional groups attached to an aromatic ring is 1. The van der Waals surface area contributed by atoms with Crippen LogP contribution in [0.2, 0.25) is 0 Å². The summed E-state index contributed by atoms with van der Waals surface area (Å²) in [4.78, 5) is 22.5. The number of amides is 1. The molecule has 2 aromatic carbocycles. The Hall–Kier alpha value is -3.54. The van der Waals surface area contributed by atoms with E-state index in [2.05, 4.69) is 10.3 Å². The number of carbonyl (C=O) groups is 1. The maximum Gasteiger partial charge on any atom is 0.257 e. The molecule has 0 spiro atoms. The minimum absolute atomic E-state index is 0.0267. The summed E-state index contributed by atoms with van der Waals surface area (Å²) >= 11 is 0. The number of aromatic nitrogens is 3. The molecule has 5 rings (SSSR count). The Balaban J connectivity index is 1.65. The van der Waals surface area contributed by atoms with Crippen molar-refractivity contribution in [1.29, 1.82) is 0 Å². The standard InChI is InChI=1S/C22H22N6O4S/c23-20-18(22(29)25-12-14-4-3-11-32-14)19-21(27-17-6-2-1-5-16(17)26-19)28(20)13-7-9-15(10-8-13)33(24,30)31/h1-2,5-10,14H,3-4,11-12,23H2,(H,25,29)(H2,24,30,31)/t14-/m0/s1. The van der Waals surface area contributed by atoms with Gasteiger partial charge in [-0.05, 0) is 49.2 Å². The number of sulfonamides is 1. The minimum atomic E-state index is -3.85. The summed E-state index contributed by atoms with van der Waals surface area (Å²) in [5, 5.41) is 8.11. The van der Waals surface area contributed by atoms with Crippen LogP contribution in [0, 0.1) is 0 Å². The number of benzene rings is 2. The van der Waals surface area contributed by atoms with E-state index >= 15 is 0 Å². The van der Waals surface area contributed by atoms with Crippen molar-refractivity contribution in [3.05, 3.63) is 54.1 Å². The first-order chi connectivity index (χ1) is 15.8. The predicted octanol–water partition coefficient (Wildman–Crippen LogP) is 1.71. The number of nitrogens with one attached hydrogen (secondary N) is 1. The van der Waals surface area contributed by atoms with Crippen LogP contribution in [0.25, 0.3) is 27.9 Å². The molecule has 1 aliphatic rings. The van der Waals surface area contributed by atoms with Gasteiger partial charge < -0.3 is 15.8 Å². The number of hydrogen-bond acceptors (Lipinski definition) is 7. The molecule has 0 saturated carbocycles. The zero-order valence-electron chi connectivity index (χ0n) is 17.6. The Labute approximate surface area is 189 Å². The Kier molecular flexibility index (Phi) is 5.23. The van der Waals surface area contributed by atoms with E-state index < -0.39 is 10.0 Å². The average molecular weight is 467 g/mol. The molecule has 2 aromatic heterocycles. The fourth-order valence-corrected chi connectivity index (χ4v) is 4.55. The smallest absolute Gasteiger partial charge is 0.257 e. The molecule has 10 nitrogen and oxygen atoms in total. The monoisotopic (exact) mass is 466 g/mol. The number of rotatable bonds is 5. The van der Waals surface area contributed by atoms with Gasteiger partial charge in [-0.15, -0.1) is 0 Å². The van der Waals surface area contributed by atoms with Crippen molar-refractivity contribution < 1.29 is 17.9 Å². The molecule has 170 valence electrons. The molecule has 0 bridgehead atoms. The predicted molar refractivity (Wildman–Crippen MR) is 123 cm³/mol. The maximum absolute atomic E-state index is 13.2. The van der Waals surface area contributed by atoms with Crippen LogP contribution in [0.3, 0.4) is 0 Å². The minimum Gasteiger partial charge on any atom is -0.384 e. The third kappa shape index (κ3) is 3.90. The highest BCUT2D eigenvalue weighted by Crippen LogP contribution is 2.31. The number of nitrogens with zero attached hydrogens (tertiary/aromatic N) is 3. The zero-order valence-corrected chi connectivity index (χ0v) is 18.4. The van der Waals surface area contributed by atoms with Gasteiger partial charge in [0.05, 0.1) is 22.0 Å². The molecular weight excluding hydrogens is 444 g/mol. The molecular formula is C22H22N6O4S. The molecule has 33 heavy (non-hydrogen) atoms. The maximum atomic E-state index is 13.2. The van der Waals surface area contributed by atoms with Gasteiger partial charge in [0.2, 0.25) is 10.0 Å². The highest BCUT2D eigenvalue weighted by molar-refractivity contribution is 7.89. The SMILES string of the molecule is Nc1c(C(=O)NC[C@@H]2CCCO2)c2nc3ccccc3nc2n1-c1ccc(S(N)(=O)=O)cc1. The molecule has 0 aliphatic carbocycles. The van der Waals surface area contributed by atoms with Crippen LogP contribution >= 0.6 is 0 Å². The van der Waals surface area contributed by atoms with Crippen LogP contribution in [-0.4, -0.2) is 48.1 Å². The van der Waals surface area contributed by atoms with E-state index in [1.54, 1.807) is 16.7 Å². The van der Waals surface area contributed by atoms with E-state index in [-0.39, 0.29) is 28.3 Å². The number of para-hydroxylation sites is 2. The Bertz CT molecular complexity index is 1470. The number of fused-ring (bicyclic) bond motifs is 2. The van der Waals surface area contributed by atoms with Gasteiger partial charge >= 0.3 is 0 Å². The van der Waals surface area contributed by atoms with Gasteiger partial charge in [-0.3, -0.25) is 9.36 Å². The van der Waals surface area contributed by atoms with Crippen molar-refractivity contribution in [3.63, 3.8) is 0 Å². The molecule has 3 heterocycles. The van der Waals surface area contributed by atoms with Crippen molar-refractivity contribution in [2.24, 2.45) is 5.14 Å². The number of anilines is 1. The molecule has 4 aromatic rings. The van der Waals surface area contributed by atoms with E-state index in [0.717, 1.165) is 12.8 Å². The first-order valence-electron chi connectivity index (χ1n) is 10.4. The normalized spacial score (nSPS) is 16.5. The number of hydrogen-bond donors (Lipinski definition) is 3. The van der Waals surface area contributed by atoms with Gasteiger partial charge in [0.25, 0.3) is 5.91 Å². The number of ether oxygens (including phenoxy) is 1. The summed E-state index contributed by atoms with van der Waals surface area (Å²) < 4.78 is 30.5. The van der Waals surface area contributed by atoms with Crippen molar-refractivity contribution in [2.75, 3.05) is 18.9 Å². The summed E-state index contributed by atoms with van der Waals surface area (Å²) in [6, 6.07) is 13.2. The second kappa shape index (κ2) is 8.10. The Morgan fingerprint density at radius 2 is 1.82 bits per heavy atom. The molecule has 1 aliphatic heterocycles. The van der Waals surface area contributed by atoms with Crippen LogP contribution < -0.4 is 16.2 Å². The lowest BCUT2D eigenvalue weighted by Crippen LogP contribution is -2.32. The van der Waals surface area contributed by atoms with Crippen molar-refractivity contribution in [2.45, 2.75) is 23.8 Å². The highest BCUT2D eigenvalue weighted by Gasteiger charge is 2.26.